The van der Waals surface area contributed by atoms with E-state index in [4.69, 9.17) is 5.11 Å². The van der Waals surface area contributed by atoms with Crippen LogP contribution >= 0.6 is 0 Å². The molecule has 1 unspecified atom stereocenters. The molecule has 0 radical (unpaired) electrons. The summed E-state index contributed by atoms with van der Waals surface area (Å²) in [6.45, 7) is 3.23. The van der Waals surface area contributed by atoms with Gasteiger partial charge in [-0.1, -0.05) is 13.0 Å². The number of carbonyl (C=O) groups excluding carboxylic acids is 1. The van der Waals surface area contributed by atoms with Crippen LogP contribution in [0.3, 0.4) is 0 Å². The first-order chi connectivity index (χ1) is 11.3. The highest BCUT2D eigenvalue weighted by molar-refractivity contribution is 5.95. The fraction of sp³-hybridized carbons (Fsp3) is 0.375. The summed E-state index contributed by atoms with van der Waals surface area (Å²) in [4.78, 5) is 12.2. The number of halogens is 3. The zero-order chi connectivity index (χ0) is 17.9. The number of benzene rings is 1. The van der Waals surface area contributed by atoms with Crippen molar-refractivity contribution < 1.29 is 23.1 Å². The van der Waals surface area contributed by atoms with Crippen LogP contribution in [0.5, 0.6) is 0 Å². The normalized spacial score (nSPS) is 12.9. The van der Waals surface area contributed by atoms with E-state index in [0.717, 1.165) is 12.1 Å². The van der Waals surface area contributed by atoms with Crippen LogP contribution in [-0.2, 0) is 6.18 Å². The third-order valence-corrected chi connectivity index (χ3v) is 3.72. The first-order valence-corrected chi connectivity index (χ1v) is 7.42. The van der Waals surface area contributed by atoms with Crippen LogP contribution in [0.25, 0.3) is 5.69 Å². The van der Waals surface area contributed by atoms with E-state index in [9.17, 15) is 18.0 Å². The zero-order valence-electron chi connectivity index (χ0n) is 13.3. The number of aromatic nitrogens is 2. The summed E-state index contributed by atoms with van der Waals surface area (Å²) in [7, 11) is 0. The van der Waals surface area contributed by atoms with Gasteiger partial charge in [0.2, 0.25) is 0 Å². The summed E-state index contributed by atoms with van der Waals surface area (Å²) in [5.41, 5.74) is 0.0988. The van der Waals surface area contributed by atoms with Gasteiger partial charge in [-0.2, -0.15) is 18.3 Å². The first-order valence-electron chi connectivity index (χ1n) is 7.42. The highest BCUT2D eigenvalue weighted by Crippen LogP contribution is 2.30. The molecule has 2 rings (SSSR count). The van der Waals surface area contributed by atoms with E-state index in [-0.39, 0.29) is 23.9 Å². The lowest BCUT2D eigenvalue weighted by Gasteiger charge is -2.14. The Balaban J connectivity index is 2.32. The minimum atomic E-state index is -4.45. The van der Waals surface area contributed by atoms with Crippen molar-refractivity contribution in [2.24, 2.45) is 0 Å². The molecule has 0 spiro atoms. The molecule has 1 aromatic heterocycles. The minimum Gasteiger partial charge on any atom is -0.394 e. The van der Waals surface area contributed by atoms with Crippen LogP contribution in [0, 0.1) is 6.92 Å². The van der Waals surface area contributed by atoms with Crippen molar-refractivity contribution in [1.29, 1.82) is 0 Å². The number of amides is 1. The van der Waals surface area contributed by atoms with E-state index in [1.807, 2.05) is 6.92 Å². The SMILES string of the molecule is CCC(CO)NC(=O)c1cnn(-c2cccc(C(F)(F)F)c2)c1C. The molecule has 1 aromatic carbocycles. The van der Waals surface area contributed by atoms with Gasteiger partial charge < -0.3 is 10.4 Å². The average Bonchev–Trinajstić information content (AvgIpc) is 2.93. The van der Waals surface area contributed by atoms with Gasteiger partial charge in [0.25, 0.3) is 5.91 Å². The molecule has 5 nitrogen and oxygen atoms in total. The van der Waals surface area contributed by atoms with E-state index in [2.05, 4.69) is 10.4 Å². The van der Waals surface area contributed by atoms with Gasteiger partial charge in [0.05, 0.1) is 41.4 Å². The van der Waals surface area contributed by atoms with E-state index in [1.165, 1.54) is 23.0 Å². The van der Waals surface area contributed by atoms with Gasteiger partial charge in [0, 0.05) is 0 Å². The molecule has 0 aliphatic carbocycles. The number of alkyl halides is 3. The molecule has 2 N–H and O–H groups in total. The third-order valence-electron chi connectivity index (χ3n) is 3.72. The molecule has 1 amide bonds. The van der Waals surface area contributed by atoms with Crippen molar-refractivity contribution >= 4 is 5.91 Å². The van der Waals surface area contributed by atoms with Gasteiger partial charge >= 0.3 is 6.18 Å². The predicted octanol–water partition coefficient (Wildman–Crippen LogP) is 2.70. The van der Waals surface area contributed by atoms with Gasteiger partial charge in [-0.25, -0.2) is 4.68 Å². The van der Waals surface area contributed by atoms with Crippen molar-refractivity contribution in [1.82, 2.24) is 15.1 Å². The number of rotatable bonds is 5. The van der Waals surface area contributed by atoms with Gasteiger partial charge in [-0.3, -0.25) is 4.79 Å². The van der Waals surface area contributed by atoms with Gasteiger partial charge in [-0.15, -0.1) is 0 Å². The Kier molecular flexibility index (Phi) is 5.28. The number of hydrogen-bond donors (Lipinski definition) is 2. The molecule has 130 valence electrons. The summed E-state index contributed by atoms with van der Waals surface area (Å²) in [6, 6.07) is 4.35. The van der Waals surface area contributed by atoms with Crippen molar-refractivity contribution in [3.05, 3.63) is 47.3 Å². The molecule has 2 aromatic rings. The molecule has 0 aliphatic heterocycles. The largest absolute Gasteiger partial charge is 0.416 e. The third kappa shape index (κ3) is 3.76. The maximum atomic E-state index is 12.8. The maximum absolute atomic E-state index is 12.8. The number of nitrogens with one attached hydrogen (secondary N) is 1. The fourth-order valence-corrected chi connectivity index (χ4v) is 2.25. The topological polar surface area (TPSA) is 67.2 Å². The van der Waals surface area contributed by atoms with E-state index >= 15 is 0 Å². The lowest BCUT2D eigenvalue weighted by atomic mass is 10.1. The van der Waals surface area contributed by atoms with Crippen molar-refractivity contribution in [3.63, 3.8) is 0 Å². The minimum absolute atomic E-state index is 0.191. The molecule has 1 atom stereocenters. The summed E-state index contributed by atoms with van der Waals surface area (Å²) in [5.74, 6) is -0.424. The van der Waals surface area contributed by atoms with Crippen LogP contribution in [0.2, 0.25) is 0 Å². The fourth-order valence-electron chi connectivity index (χ4n) is 2.25. The lowest BCUT2D eigenvalue weighted by molar-refractivity contribution is -0.137. The van der Waals surface area contributed by atoms with E-state index in [1.54, 1.807) is 6.92 Å². The van der Waals surface area contributed by atoms with Gasteiger partial charge in [0.1, 0.15) is 0 Å². The quantitative estimate of drug-likeness (QED) is 0.879. The second-order valence-corrected chi connectivity index (χ2v) is 5.36. The van der Waals surface area contributed by atoms with Crippen LogP contribution < -0.4 is 5.32 Å². The zero-order valence-corrected chi connectivity index (χ0v) is 13.3. The Morgan fingerprint density at radius 3 is 2.71 bits per heavy atom. The second kappa shape index (κ2) is 7.04. The summed E-state index contributed by atoms with van der Waals surface area (Å²) >= 11 is 0. The Morgan fingerprint density at radius 2 is 2.12 bits per heavy atom. The monoisotopic (exact) mass is 341 g/mol. The number of aliphatic hydroxyl groups is 1. The molecule has 0 fully saturated rings. The second-order valence-electron chi connectivity index (χ2n) is 5.36. The number of aliphatic hydroxyl groups excluding tert-OH is 1. The lowest BCUT2D eigenvalue weighted by Crippen LogP contribution is -2.37. The maximum Gasteiger partial charge on any atom is 0.416 e. The highest BCUT2D eigenvalue weighted by Gasteiger charge is 2.30. The van der Waals surface area contributed by atoms with Crippen LogP contribution in [0.1, 0.15) is 35.0 Å². The molecular formula is C16H18F3N3O2. The number of nitrogens with zero attached hydrogens (tertiary/aromatic N) is 2. The van der Waals surface area contributed by atoms with Crippen molar-refractivity contribution in [2.75, 3.05) is 6.61 Å². The van der Waals surface area contributed by atoms with E-state index < -0.39 is 17.6 Å². The standard InChI is InChI=1S/C16H18F3N3O2/c1-3-12(9-23)21-15(24)14-8-20-22(10(14)2)13-6-4-5-11(7-13)16(17,18)19/h4-8,12,23H,3,9H2,1-2H3,(H,21,24). The Hall–Kier alpha value is -2.35. The van der Waals surface area contributed by atoms with Gasteiger partial charge in [-0.05, 0) is 31.5 Å². The van der Waals surface area contributed by atoms with Gasteiger partial charge in [0.15, 0.2) is 0 Å². The summed E-state index contributed by atoms with van der Waals surface area (Å²) < 4.78 is 39.7. The molecule has 0 saturated heterocycles. The van der Waals surface area contributed by atoms with E-state index in [0.29, 0.717) is 12.1 Å². The molecular weight excluding hydrogens is 323 g/mol. The Morgan fingerprint density at radius 1 is 1.42 bits per heavy atom. The molecule has 24 heavy (non-hydrogen) atoms. The smallest absolute Gasteiger partial charge is 0.394 e. The van der Waals surface area contributed by atoms with Crippen LogP contribution in [0.15, 0.2) is 30.5 Å². The van der Waals surface area contributed by atoms with Crippen LogP contribution in [-0.4, -0.2) is 33.4 Å². The molecule has 0 aliphatic rings. The summed E-state index contributed by atoms with van der Waals surface area (Å²) in [6.07, 6.45) is -2.59. The van der Waals surface area contributed by atoms with Crippen molar-refractivity contribution in [2.45, 2.75) is 32.5 Å². The molecule has 1 heterocycles. The average molecular weight is 341 g/mol. The molecule has 0 saturated carbocycles. The number of hydrogen-bond acceptors (Lipinski definition) is 3. The van der Waals surface area contributed by atoms with Crippen LogP contribution in [0.4, 0.5) is 13.2 Å². The highest BCUT2D eigenvalue weighted by atomic mass is 19.4. The molecule has 8 heteroatoms. The molecule has 0 bridgehead atoms. The Labute approximate surface area is 137 Å². The number of carbonyl (C=O) groups is 1. The first kappa shape index (κ1) is 18.0. The predicted molar refractivity (Wildman–Crippen MR) is 81.9 cm³/mol. The summed E-state index contributed by atoms with van der Waals surface area (Å²) in [5, 5.41) is 15.8. The Bertz CT molecular complexity index is 722. The van der Waals surface area contributed by atoms with Crippen molar-refractivity contribution in [3.8, 4) is 5.69 Å².